The van der Waals surface area contributed by atoms with Gasteiger partial charge in [0, 0.05) is 11.1 Å². The molecule has 0 atom stereocenters. The lowest BCUT2D eigenvalue weighted by atomic mass is 10.1. The second-order valence-corrected chi connectivity index (χ2v) is 8.58. The molecule has 0 unspecified atom stereocenters. The second-order valence-electron chi connectivity index (χ2n) is 6.81. The van der Waals surface area contributed by atoms with Crippen molar-refractivity contribution in [1.29, 1.82) is 0 Å². The van der Waals surface area contributed by atoms with Gasteiger partial charge in [0.15, 0.2) is 0 Å². The Hall–Kier alpha value is -3.18. The Morgan fingerprint density at radius 1 is 0.714 bits per heavy atom. The largest absolute Gasteiger partial charge is 0.283 e. The third kappa shape index (κ3) is 3.37. The van der Waals surface area contributed by atoms with Gasteiger partial charge in [0.1, 0.15) is 0 Å². The third-order valence-electron chi connectivity index (χ3n) is 4.64. The summed E-state index contributed by atoms with van der Waals surface area (Å²) in [6.45, 7) is 3.94. The van der Waals surface area contributed by atoms with Crippen LogP contribution >= 0.6 is 0 Å². The second kappa shape index (κ2) is 7.09. The molecule has 0 bridgehead atoms. The molecule has 0 aliphatic carbocycles. The zero-order valence-electron chi connectivity index (χ0n) is 15.7. The van der Waals surface area contributed by atoms with Crippen LogP contribution in [0.4, 0.5) is 0 Å². The molecule has 4 aromatic rings. The topological polar surface area (TPSA) is 52.0 Å². The molecule has 0 fully saturated rings. The number of nitrogens with zero attached hydrogens (tertiary/aromatic N) is 2. The molecule has 3 aromatic carbocycles. The van der Waals surface area contributed by atoms with Crippen molar-refractivity contribution in [3.8, 4) is 22.5 Å². The molecule has 1 heterocycles. The number of benzene rings is 3. The minimum absolute atomic E-state index is 0.217. The quantitative estimate of drug-likeness (QED) is 0.490. The zero-order valence-corrected chi connectivity index (χ0v) is 16.5. The summed E-state index contributed by atoms with van der Waals surface area (Å²) in [5.74, 6) is 0. The maximum atomic E-state index is 13.3. The Morgan fingerprint density at radius 2 is 1.29 bits per heavy atom. The van der Waals surface area contributed by atoms with Crippen LogP contribution in [0.5, 0.6) is 0 Å². The first-order chi connectivity index (χ1) is 13.4. The van der Waals surface area contributed by atoms with Crippen molar-refractivity contribution in [1.82, 2.24) is 9.19 Å². The summed E-state index contributed by atoms with van der Waals surface area (Å²) in [4.78, 5) is 0.217. The predicted molar refractivity (Wildman–Crippen MR) is 112 cm³/mol. The average molecular weight is 388 g/mol. The van der Waals surface area contributed by atoms with Gasteiger partial charge in [-0.25, -0.2) is 0 Å². The van der Waals surface area contributed by atoms with Crippen LogP contribution in [0.25, 0.3) is 22.5 Å². The molecule has 0 saturated heterocycles. The number of aryl methyl sites for hydroxylation is 2. The van der Waals surface area contributed by atoms with Crippen molar-refractivity contribution in [2.24, 2.45) is 0 Å². The fourth-order valence-corrected chi connectivity index (χ4v) is 4.32. The molecule has 1 aromatic heterocycles. The molecule has 5 heteroatoms. The van der Waals surface area contributed by atoms with E-state index in [2.05, 4.69) is 5.10 Å². The molecule has 0 saturated carbocycles. The molecule has 0 aliphatic heterocycles. The number of hydrogen-bond acceptors (Lipinski definition) is 3. The molecular formula is C23H20N2O2S. The molecule has 0 radical (unpaired) electrons. The fraction of sp³-hybridized carbons (Fsp3) is 0.0870. The van der Waals surface area contributed by atoms with Gasteiger partial charge >= 0.3 is 0 Å². The zero-order chi connectivity index (χ0) is 19.7. The van der Waals surface area contributed by atoms with E-state index in [-0.39, 0.29) is 4.90 Å². The van der Waals surface area contributed by atoms with Crippen molar-refractivity contribution in [2.45, 2.75) is 18.7 Å². The summed E-state index contributed by atoms with van der Waals surface area (Å²) in [5, 5.41) is 4.49. The van der Waals surface area contributed by atoms with E-state index in [4.69, 9.17) is 0 Å². The standard InChI is InChI=1S/C23H20N2O2S/c1-17-8-12-19(13-9-17)22-16-23(20-6-4-3-5-7-20)25(24-22)28(26,27)21-14-10-18(2)11-15-21/h3-16H,1-2H3. The molecule has 0 aliphatic rings. The van der Waals surface area contributed by atoms with Gasteiger partial charge < -0.3 is 0 Å². The Kier molecular flexibility index (Phi) is 4.61. The Morgan fingerprint density at radius 3 is 1.89 bits per heavy atom. The van der Waals surface area contributed by atoms with Crippen LogP contribution in [-0.2, 0) is 10.0 Å². The minimum atomic E-state index is -3.82. The Labute approximate surface area is 165 Å². The molecule has 0 spiro atoms. The van der Waals surface area contributed by atoms with Gasteiger partial charge in [0.05, 0.1) is 16.3 Å². The number of hydrogen-bond donors (Lipinski definition) is 0. The summed E-state index contributed by atoms with van der Waals surface area (Å²) in [6, 6.07) is 26.0. The lowest BCUT2D eigenvalue weighted by Crippen LogP contribution is -2.16. The van der Waals surface area contributed by atoms with E-state index in [9.17, 15) is 8.42 Å². The van der Waals surface area contributed by atoms with E-state index in [1.54, 1.807) is 24.3 Å². The lowest BCUT2D eigenvalue weighted by molar-refractivity contribution is 0.581. The number of rotatable bonds is 4. The first-order valence-electron chi connectivity index (χ1n) is 9.00. The molecular weight excluding hydrogens is 368 g/mol. The minimum Gasteiger partial charge on any atom is -0.199 e. The van der Waals surface area contributed by atoms with Gasteiger partial charge in [-0.05, 0) is 32.0 Å². The fourth-order valence-electron chi connectivity index (χ4n) is 3.03. The van der Waals surface area contributed by atoms with E-state index in [1.165, 1.54) is 0 Å². The molecule has 4 rings (SSSR count). The van der Waals surface area contributed by atoms with Gasteiger partial charge in [-0.1, -0.05) is 77.9 Å². The normalized spacial score (nSPS) is 11.5. The van der Waals surface area contributed by atoms with Crippen molar-refractivity contribution < 1.29 is 8.42 Å². The van der Waals surface area contributed by atoms with Gasteiger partial charge in [0.25, 0.3) is 10.0 Å². The maximum Gasteiger partial charge on any atom is 0.283 e. The monoisotopic (exact) mass is 388 g/mol. The highest BCUT2D eigenvalue weighted by Gasteiger charge is 2.23. The van der Waals surface area contributed by atoms with Gasteiger partial charge in [-0.3, -0.25) is 0 Å². The van der Waals surface area contributed by atoms with Crippen LogP contribution in [-0.4, -0.2) is 17.6 Å². The summed E-state index contributed by atoms with van der Waals surface area (Å²) in [7, 11) is -3.82. The third-order valence-corrected chi connectivity index (χ3v) is 6.24. The average Bonchev–Trinajstić information content (AvgIpc) is 3.16. The predicted octanol–water partition coefficient (Wildman–Crippen LogP) is 5.07. The first-order valence-corrected chi connectivity index (χ1v) is 10.4. The molecule has 0 N–H and O–H groups in total. The molecule has 4 nitrogen and oxygen atoms in total. The van der Waals surface area contributed by atoms with E-state index in [0.717, 1.165) is 26.3 Å². The maximum absolute atomic E-state index is 13.3. The highest BCUT2D eigenvalue weighted by atomic mass is 32.2. The van der Waals surface area contributed by atoms with Gasteiger partial charge in [0.2, 0.25) is 0 Å². The summed E-state index contributed by atoms with van der Waals surface area (Å²) < 4.78 is 27.8. The van der Waals surface area contributed by atoms with Gasteiger partial charge in [-0.2, -0.15) is 17.6 Å². The van der Waals surface area contributed by atoms with Crippen LogP contribution in [0.3, 0.4) is 0 Å². The lowest BCUT2D eigenvalue weighted by Gasteiger charge is -2.09. The Bertz CT molecular complexity index is 1210. The highest BCUT2D eigenvalue weighted by Crippen LogP contribution is 2.29. The van der Waals surface area contributed by atoms with Crippen LogP contribution in [0.15, 0.2) is 89.8 Å². The van der Waals surface area contributed by atoms with Crippen LogP contribution in [0.1, 0.15) is 11.1 Å². The summed E-state index contributed by atoms with van der Waals surface area (Å²) in [5.41, 5.74) is 4.97. The molecule has 0 amide bonds. The molecule has 28 heavy (non-hydrogen) atoms. The number of aromatic nitrogens is 2. The van der Waals surface area contributed by atoms with E-state index in [0.29, 0.717) is 11.4 Å². The smallest absolute Gasteiger partial charge is 0.199 e. The van der Waals surface area contributed by atoms with Crippen molar-refractivity contribution in [2.75, 3.05) is 0 Å². The van der Waals surface area contributed by atoms with Gasteiger partial charge in [-0.15, -0.1) is 0 Å². The van der Waals surface area contributed by atoms with E-state index in [1.807, 2.05) is 74.5 Å². The van der Waals surface area contributed by atoms with E-state index >= 15 is 0 Å². The van der Waals surface area contributed by atoms with Crippen LogP contribution in [0, 0.1) is 13.8 Å². The highest BCUT2D eigenvalue weighted by molar-refractivity contribution is 7.90. The van der Waals surface area contributed by atoms with Crippen LogP contribution in [0.2, 0.25) is 0 Å². The van der Waals surface area contributed by atoms with Crippen molar-refractivity contribution in [3.63, 3.8) is 0 Å². The van der Waals surface area contributed by atoms with E-state index < -0.39 is 10.0 Å². The van der Waals surface area contributed by atoms with Crippen molar-refractivity contribution >= 4 is 10.0 Å². The van der Waals surface area contributed by atoms with Crippen LogP contribution < -0.4 is 0 Å². The van der Waals surface area contributed by atoms with Crippen molar-refractivity contribution in [3.05, 3.63) is 96.1 Å². The summed E-state index contributed by atoms with van der Waals surface area (Å²) in [6.07, 6.45) is 0. The SMILES string of the molecule is Cc1ccc(-c2cc(-c3ccccc3)n(S(=O)(=O)c3ccc(C)cc3)n2)cc1. The summed E-state index contributed by atoms with van der Waals surface area (Å²) >= 11 is 0. The molecule has 140 valence electrons. The first kappa shape index (κ1) is 18.2. The Balaban J connectivity index is 1.92.